The van der Waals surface area contributed by atoms with Crippen LogP contribution in [0.25, 0.3) is 11.1 Å². The fraction of sp³-hybridized carbons (Fsp3) is 0.240. The second-order valence-electron chi connectivity index (χ2n) is 8.04. The molecule has 1 aliphatic heterocycles. The molecule has 2 N–H and O–H groups in total. The summed E-state index contributed by atoms with van der Waals surface area (Å²) in [6.45, 7) is 2.23. The number of anilines is 1. The molecule has 2 atom stereocenters. The predicted molar refractivity (Wildman–Crippen MR) is 122 cm³/mol. The van der Waals surface area contributed by atoms with Crippen LogP contribution in [0.15, 0.2) is 70.5 Å². The van der Waals surface area contributed by atoms with E-state index in [-0.39, 0.29) is 27.3 Å². The van der Waals surface area contributed by atoms with E-state index in [0.717, 1.165) is 6.07 Å². The molecule has 4 rings (SSSR count). The zero-order valence-electron chi connectivity index (χ0n) is 18.2. The van der Waals surface area contributed by atoms with E-state index in [2.05, 4.69) is 10.6 Å². The average Bonchev–Trinajstić information content (AvgIpc) is 3.35. The first-order chi connectivity index (χ1) is 16.2. The molecule has 178 valence electrons. The molecule has 0 spiro atoms. The fourth-order valence-corrected chi connectivity index (χ4v) is 5.52. The van der Waals surface area contributed by atoms with E-state index in [1.54, 1.807) is 18.2 Å². The summed E-state index contributed by atoms with van der Waals surface area (Å²) in [6.07, 6.45) is -4.37. The first-order valence-corrected chi connectivity index (χ1v) is 11.8. The largest absolute Gasteiger partial charge is 0.417 e. The highest BCUT2D eigenvalue weighted by molar-refractivity contribution is 7.85. The summed E-state index contributed by atoms with van der Waals surface area (Å²) in [5, 5.41) is 5.62. The molecule has 1 heterocycles. The number of hydrogen-bond acceptors (Lipinski definition) is 3. The standard InChI is InChI=1S/C25H22F4N2O2S/c1-15-19(18-9-5-6-10-20(18)26)13-21(31-24(32)16-11-12-30-14-16)23(22(15)25(27,28)29)34(33)17-7-3-2-4-8-17/h2-10,13,16,30H,11-12,14H2,1H3,(H,31,32). The third-order valence-electron chi connectivity index (χ3n) is 5.82. The molecule has 4 nitrogen and oxygen atoms in total. The molecule has 1 aliphatic rings. The Hall–Kier alpha value is -3.04. The molecule has 2 unspecified atom stereocenters. The molecular weight excluding hydrogens is 468 g/mol. The molecule has 0 saturated carbocycles. The zero-order chi connectivity index (χ0) is 24.5. The maximum atomic E-state index is 14.6. The van der Waals surface area contributed by atoms with E-state index in [0.29, 0.717) is 19.5 Å². The van der Waals surface area contributed by atoms with Crippen LogP contribution in [0.3, 0.4) is 0 Å². The molecule has 0 radical (unpaired) electrons. The van der Waals surface area contributed by atoms with Gasteiger partial charge in [0.05, 0.1) is 32.9 Å². The molecule has 3 aromatic rings. The lowest BCUT2D eigenvalue weighted by molar-refractivity contribution is -0.140. The summed E-state index contributed by atoms with van der Waals surface area (Å²) in [5.41, 5.74) is -1.72. The second-order valence-corrected chi connectivity index (χ2v) is 9.46. The van der Waals surface area contributed by atoms with Crippen molar-refractivity contribution in [2.75, 3.05) is 18.4 Å². The number of hydrogen-bond donors (Lipinski definition) is 2. The Kier molecular flexibility index (Phi) is 6.86. The smallest absolute Gasteiger partial charge is 0.325 e. The summed E-state index contributed by atoms with van der Waals surface area (Å²) in [4.78, 5) is 12.5. The Morgan fingerprint density at radius 2 is 1.74 bits per heavy atom. The second kappa shape index (κ2) is 9.68. The van der Waals surface area contributed by atoms with Crippen LogP contribution in [0.4, 0.5) is 23.2 Å². The number of benzene rings is 3. The van der Waals surface area contributed by atoms with Crippen molar-refractivity contribution in [3.8, 4) is 11.1 Å². The van der Waals surface area contributed by atoms with Crippen molar-refractivity contribution < 1.29 is 26.6 Å². The van der Waals surface area contributed by atoms with Crippen molar-refractivity contribution in [2.24, 2.45) is 5.92 Å². The van der Waals surface area contributed by atoms with Crippen molar-refractivity contribution >= 4 is 22.4 Å². The van der Waals surface area contributed by atoms with Gasteiger partial charge in [-0.3, -0.25) is 4.79 Å². The topological polar surface area (TPSA) is 58.2 Å². The summed E-state index contributed by atoms with van der Waals surface area (Å²) >= 11 is 0. The molecule has 1 saturated heterocycles. The van der Waals surface area contributed by atoms with Crippen molar-refractivity contribution in [3.63, 3.8) is 0 Å². The van der Waals surface area contributed by atoms with E-state index < -0.39 is 45.1 Å². The van der Waals surface area contributed by atoms with Gasteiger partial charge in [0.2, 0.25) is 5.91 Å². The summed E-state index contributed by atoms with van der Waals surface area (Å²) in [5.74, 6) is -1.62. The molecule has 1 fully saturated rings. The summed E-state index contributed by atoms with van der Waals surface area (Å²) < 4.78 is 71.4. The lowest BCUT2D eigenvalue weighted by Crippen LogP contribution is -2.26. The lowest BCUT2D eigenvalue weighted by Gasteiger charge is -2.23. The van der Waals surface area contributed by atoms with Gasteiger partial charge in [-0.05, 0) is 55.3 Å². The van der Waals surface area contributed by atoms with Gasteiger partial charge in [0.25, 0.3) is 0 Å². The molecule has 3 aromatic carbocycles. The number of nitrogens with one attached hydrogen (secondary N) is 2. The minimum atomic E-state index is -4.90. The van der Waals surface area contributed by atoms with Gasteiger partial charge in [-0.25, -0.2) is 8.60 Å². The molecule has 0 bridgehead atoms. The van der Waals surface area contributed by atoms with Gasteiger partial charge in [0, 0.05) is 17.0 Å². The highest BCUT2D eigenvalue weighted by atomic mass is 32.2. The molecule has 0 aliphatic carbocycles. The Bertz CT molecular complexity index is 1240. The van der Waals surface area contributed by atoms with Crippen LogP contribution in [0.5, 0.6) is 0 Å². The first-order valence-electron chi connectivity index (χ1n) is 10.7. The van der Waals surface area contributed by atoms with Gasteiger partial charge < -0.3 is 10.6 Å². The first kappa shape index (κ1) is 24.1. The van der Waals surface area contributed by atoms with E-state index in [1.165, 1.54) is 43.3 Å². The maximum absolute atomic E-state index is 14.6. The Balaban J connectivity index is 1.98. The van der Waals surface area contributed by atoms with Crippen LogP contribution >= 0.6 is 0 Å². The van der Waals surface area contributed by atoms with Crippen LogP contribution in [0.1, 0.15) is 17.5 Å². The zero-order valence-corrected chi connectivity index (χ0v) is 19.0. The molecular formula is C25H22F4N2O2S. The van der Waals surface area contributed by atoms with Gasteiger partial charge in [0.1, 0.15) is 5.82 Å². The summed E-state index contributed by atoms with van der Waals surface area (Å²) in [6, 6.07) is 14.5. The lowest BCUT2D eigenvalue weighted by atomic mass is 9.94. The van der Waals surface area contributed by atoms with Crippen LogP contribution < -0.4 is 10.6 Å². The van der Waals surface area contributed by atoms with E-state index in [4.69, 9.17) is 0 Å². The number of carbonyl (C=O) groups excluding carboxylic acids is 1. The third-order valence-corrected chi connectivity index (χ3v) is 7.31. The molecule has 34 heavy (non-hydrogen) atoms. The Labute approximate surface area is 196 Å². The van der Waals surface area contributed by atoms with E-state index in [1.807, 2.05) is 0 Å². The quantitative estimate of drug-likeness (QED) is 0.462. The highest BCUT2D eigenvalue weighted by Gasteiger charge is 2.40. The number of carbonyl (C=O) groups is 1. The third kappa shape index (κ3) is 4.76. The summed E-state index contributed by atoms with van der Waals surface area (Å²) in [7, 11) is -2.26. The van der Waals surface area contributed by atoms with Gasteiger partial charge >= 0.3 is 6.18 Å². The van der Waals surface area contributed by atoms with Crippen molar-refractivity contribution in [1.29, 1.82) is 0 Å². The normalized spacial score (nSPS) is 16.9. The van der Waals surface area contributed by atoms with Crippen LogP contribution in [-0.4, -0.2) is 23.2 Å². The van der Waals surface area contributed by atoms with Crippen LogP contribution in [-0.2, 0) is 21.8 Å². The van der Waals surface area contributed by atoms with Crippen molar-refractivity contribution in [3.05, 3.63) is 77.6 Å². The number of rotatable bonds is 5. The number of amides is 1. The monoisotopic (exact) mass is 490 g/mol. The minimum absolute atomic E-state index is 0.0286. The highest BCUT2D eigenvalue weighted by Crippen LogP contribution is 2.45. The average molecular weight is 491 g/mol. The van der Waals surface area contributed by atoms with Gasteiger partial charge in [0.15, 0.2) is 0 Å². The van der Waals surface area contributed by atoms with E-state index in [9.17, 15) is 26.6 Å². The predicted octanol–water partition coefficient (Wildman–Crippen LogP) is 5.53. The van der Waals surface area contributed by atoms with Crippen molar-refractivity contribution in [2.45, 2.75) is 29.3 Å². The number of alkyl halides is 3. The van der Waals surface area contributed by atoms with Gasteiger partial charge in [-0.15, -0.1) is 0 Å². The van der Waals surface area contributed by atoms with Crippen molar-refractivity contribution in [1.82, 2.24) is 5.32 Å². The SMILES string of the molecule is Cc1c(-c2ccccc2F)cc(NC(=O)C2CCNC2)c(S(=O)c2ccccc2)c1C(F)(F)F. The molecule has 9 heteroatoms. The molecule has 0 aromatic heterocycles. The Morgan fingerprint density at radius 1 is 1.06 bits per heavy atom. The van der Waals surface area contributed by atoms with Gasteiger partial charge in [-0.2, -0.15) is 13.2 Å². The molecule has 1 amide bonds. The minimum Gasteiger partial charge on any atom is -0.325 e. The van der Waals surface area contributed by atoms with Crippen LogP contribution in [0.2, 0.25) is 0 Å². The Morgan fingerprint density at radius 3 is 2.35 bits per heavy atom. The fourth-order valence-electron chi connectivity index (χ4n) is 4.12. The van der Waals surface area contributed by atoms with Crippen LogP contribution in [0, 0.1) is 18.7 Å². The number of halogens is 4. The van der Waals surface area contributed by atoms with E-state index >= 15 is 0 Å². The maximum Gasteiger partial charge on any atom is 0.417 e. The van der Waals surface area contributed by atoms with Gasteiger partial charge in [-0.1, -0.05) is 36.4 Å².